The van der Waals surface area contributed by atoms with Crippen LogP contribution in [-0.4, -0.2) is 43.5 Å². The number of likely N-dealkylation sites (N-methyl/N-ethyl adjacent to an activating group) is 1. The first-order valence-corrected chi connectivity index (χ1v) is 7.46. The van der Waals surface area contributed by atoms with Gasteiger partial charge in [0.2, 0.25) is 5.91 Å². The molecule has 1 aromatic rings. The van der Waals surface area contributed by atoms with Crippen molar-refractivity contribution in [2.24, 2.45) is 0 Å². The molecule has 20 heavy (non-hydrogen) atoms. The van der Waals surface area contributed by atoms with Crippen LogP contribution in [0.3, 0.4) is 0 Å². The molecule has 1 saturated heterocycles. The number of piperidine rings is 1. The summed E-state index contributed by atoms with van der Waals surface area (Å²) in [4.78, 5) is 14.0. The van der Waals surface area contributed by atoms with Crippen molar-refractivity contribution < 1.29 is 4.79 Å². The van der Waals surface area contributed by atoms with E-state index in [1.165, 1.54) is 5.56 Å². The first-order chi connectivity index (χ1) is 9.67. The first kappa shape index (κ1) is 15.3. The number of nitrogens with zero attached hydrogens (tertiary/aromatic N) is 1. The summed E-state index contributed by atoms with van der Waals surface area (Å²) in [7, 11) is 1.79. The van der Waals surface area contributed by atoms with Gasteiger partial charge in [-0.05, 0) is 44.1 Å². The predicted octanol–water partition coefficient (Wildman–Crippen LogP) is 1.64. The van der Waals surface area contributed by atoms with Crippen molar-refractivity contribution in [2.45, 2.75) is 25.4 Å². The van der Waals surface area contributed by atoms with E-state index in [1.54, 1.807) is 7.05 Å². The lowest BCUT2D eigenvalue weighted by Gasteiger charge is -2.33. The van der Waals surface area contributed by atoms with Gasteiger partial charge >= 0.3 is 0 Å². The van der Waals surface area contributed by atoms with Gasteiger partial charge in [0.05, 0.1) is 6.54 Å². The van der Waals surface area contributed by atoms with Gasteiger partial charge in [-0.2, -0.15) is 0 Å². The molecule has 4 nitrogen and oxygen atoms in total. The maximum Gasteiger partial charge on any atom is 0.234 e. The highest BCUT2D eigenvalue weighted by Gasteiger charge is 2.21. The minimum Gasteiger partial charge on any atom is -0.351 e. The molecule has 1 atom stereocenters. The number of carbonyl (C=O) groups is 1. The van der Waals surface area contributed by atoms with Crippen LogP contribution in [-0.2, 0) is 11.3 Å². The van der Waals surface area contributed by atoms with Crippen molar-refractivity contribution in [2.75, 3.05) is 26.7 Å². The van der Waals surface area contributed by atoms with Gasteiger partial charge in [-0.1, -0.05) is 23.7 Å². The van der Waals surface area contributed by atoms with Gasteiger partial charge in [0.15, 0.2) is 0 Å². The van der Waals surface area contributed by atoms with E-state index in [0.29, 0.717) is 6.54 Å². The first-order valence-electron chi connectivity index (χ1n) is 7.08. The van der Waals surface area contributed by atoms with Crippen LogP contribution in [0.2, 0.25) is 5.02 Å². The Hall–Kier alpha value is -1.10. The smallest absolute Gasteiger partial charge is 0.234 e. The van der Waals surface area contributed by atoms with E-state index < -0.39 is 0 Å². The molecule has 1 aliphatic heterocycles. The molecule has 2 N–H and O–H groups in total. The zero-order valence-corrected chi connectivity index (χ0v) is 12.6. The fourth-order valence-corrected chi connectivity index (χ4v) is 2.73. The SMILES string of the molecule is CNCC(=O)N[C@@H]1CCCN(Cc2ccc(Cl)cc2)C1. The minimum atomic E-state index is 0.0749. The molecule has 1 aliphatic rings. The summed E-state index contributed by atoms with van der Waals surface area (Å²) in [5.41, 5.74) is 1.26. The number of nitrogens with one attached hydrogen (secondary N) is 2. The van der Waals surface area contributed by atoms with Crippen molar-refractivity contribution in [3.8, 4) is 0 Å². The van der Waals surface area contributed by atoms with Gasteiger partial charge in [0.1, 0.15) is 0 Å². The maximum atomic E-state index is 11.6. The predicted molar refractivity (Wildman–Crippen MR) is 81.8 cm³/mol. The Morgan fingerprint density at radius 1 is 1.40 bits per heavy atom. The fraction of sp³-hybridized carbons (Fsp3) is 0.533. The molecule has 0 unspecified atom stereocenters. The number of amides is 1. The average Bonchev–Trinajstić information content (AvgIpc) is 2.42. The van der Waals surface area contributed by atoms with Crippen LogP contribution < -0.4 is 10.6 Å². The van der Waals surface area contributed by atoms with Crippen molar-refractivity contribution in [1.82, 2.24) is 15.5 Å². The number of rotatable bonds is 5. The second-order valence-corrected chi connectivity index (χ2v) is 5.74. The molecule has 0 aliphatic carbocycles. The van der Waals surface area contributed by atoms with E-state index >= 15 is 0 Å². The van der Waals surface area contributed by atoms with Crippen LogP contribution in [0.15, 0.2) is 24.3 Å². The van der Waals surface area contributed by atoms with E-state index in [-0.39, 0.29) is 11.9 Å². The van der Waals surface area contributed by atoms with Crippen molar-refractivity contribution in [3.63, 3.8) is 0 Å². The number of hydrogen-bond donors (Lipinski definition) is 2. The summed E-state index contributed by atoms with van der Waals surface area (Å²) in [5, 5.41) is 6.72. The molecule has 0 saturated carbocycles. The Morgan fingerprint density at radius 2 is 2.15 bits per heavy atom. The van der Waals surface area contributed by atoms with Crippen LogP contribution >= 0.6 is 11.6 Å². The molecular formula is C15H22ClN3O. The Morgan fingerprint density at radius 3 is 2.85 bits per heavy atom. The second-order valence-electron chi connectivity index (χ2n) is 5.30. The van der Waals surface area contributed by atoms with Crippen LogP contribution in [0.4, 0.5) is 0 Å². The summed E-state index contributed by atoms with van der Waals surface area (Å²) < 4.78 is 0. The highest BCUT2D eigenvalue weighted by Crippen LogP contribution is 2.15. The van der Waals surface area contributed by atoms with E-state index in [9.17, 15) is 4.79 Å². The van der Waals surface area contributed by atoms with E-state index in [1.807, 2.05) is 12.1 Å². The number of hydrogen-bond acceptors (Lipinski definition) is 3. The minimum absolute atomic E-state index is 0.0749. The molecule has 5 heteroatoms. The molecule has 1 fully saturated rings. The summed E-state index contributed by atoms with van der Waals surface area (Å²) in [6.45, 7) is 3.29. The molecule has 2 rings (SSSR count). The van der Waals surface area contributed by atoms with E-state index in [4.69, 9.17) is 11.6 Å². The molecule has 110 valence electrons. The molecule has 0 spiro atoms. The number of benzene rings is 1. The van der Waals surface area contributed by atoms with Crippen LogP contribution in [0.5, 0.6) is 0 Å². The van der Waals surface area contributed by atoms with Gasteiger partial charge in [-0.15, -0.1) is 0 Å². The number of likely N-dealkylation sites (tertiary alicyclic amines) is 1. The lowest BCUT2D eigenvalue weighted by Crippen LogP contribution is -2.49. The third-order valence-corrected chi connectivity index (χ3v) is 3.78. The van der Waals surface area contributed by atoms with Gasteiger partial charge in [-0.3, -0.25) is 9.69 Å². The zero-order chi connectivity index (χ0) is 14.4. The van der Waals surface area contributed by atoms with Crippen molar-refractivity contribution in [1.29, 1.82) is 0 Å². The van der Waals surface area contributed by atoms with Gasteiger partial charge in [0, 0.05) is 24.2 Å². The Labute approximate surface area is 125 Å². The molecular weight excluding hydrogens is 274 g/mol. The quantitative estimate of drug-likeness (QED) is 0.868. The molecule has 0 radical (unpaired) electrons. The van der Waals surface area contributed by atoms with Crippen LogP contribution in [0.1, 0.15) is 18.4 Å². The van der Waals surface area contributed by atoms with E-state index in [2.05, 4.69) is 27.7 Å². The maximum absolute atomic E-state index is 11.6. The largest absolute Gasteiger partial charge is 0.351 e. The summed E-state index contributed by atoms with van der Waals surface area (Å²) in [6, 6.07) is 8.23. The fourth-order valence-electron chi connectivity index (χ4n) is 2.60. The molecule has 0 aromatic heterocycles. The Balaban J connectivity index is 1.83. The van der Waals surface area contributed by atoms with Gasteiger partial charge in [0.25, 0.3) is 0 Å². The van der Waals surface area contributed by atoms with Crippen molar-refractivity contribution in [3.05, 3.63) is 34.9 Å². The Kier molecular flexibility index (Phi) is 5.83. The number of carbonyl (C=O) groups excluding carboxylic acids is 1. The average molecular weight is 296 g/mol. The second kappa shape index (κ2) is 7.62. The van der Waals surface area contributed by atoms with Gasteiger partial charge in [-0.25, -0.2) is 0 Å². The molecule has 1 heterocycles. The molecule has 1 aromatic carbocycles. The Bertz CT molecular complexity index is 435. The highest BCUT2D eigenvalue weighted by molar-refractivity contribution is 6.30. The normalized spacial score (nSPS) is 19.8. The van der Waals surface area contributed by atoms with E-state index in [0.717, 1.165) is 37.5 Å². The molecule has 1 amide bonds. The van der Waals surface area contributed by atoms with Crippen molar-refractivity contribution >= 4 is 17.5 Å². The summed E-state index contributed by atoms with van der Waals surface area (Å²) >= 11 is 5.90. The third kappa shape index (κ3) is 4.78. The molecule has 0 bridgehead atoms. The topological polar surface area (TPSA) is 44.4 Å². The third-order valence-electron chi connectivity index (χ3n) is 3.53. The number of halogens is 1. The van der Waals surface area contributed by atoms with Crippen LogP contribution in [0, 0.1) is 0 Å². The highest BCUT2D eigenvalue weighted by atomic mass is 35.5. The monoisotopic (exact) mass is 295 g/mol. The zero-order valence-electron chi connectivity index (χ0n) is 11.9. The summed E-state index contributed by atoms with van der Waals surface area (Å²) in [6.07, 6.45) is 2.19. The standard InChI is InChI=1S/C15H22ClN3O/c1-17-9-15(20)18-14-3-2-8-19(11-14)10-12-4-6-13(16)7-5-12/h4-7,14,17H,2-3,8-11H2,1H3,(H,18,20)/t14-/m1/s1. The van der Waals surface area contributed by atoms with Gasteiger partial charge < -0.3 is 10.6 Å². The lowest BCUT2D eigenvalue weighted by molar-refractivity contribution is -0.121. The van der Waals surface area contributed by atoms with Crippen LogP contribution in [0.25, 0.3) is 0 Å². The lowest BCUT2D eigenvalue weighted by atomic mass is 10.0. The summed E-state index contributed by atoms with van der Waals surface area (Å²) in [5.74, 6) is 0.0749.